The van der Waals surface area contributed by atoms with E-state index in [0.717, 1.165) is 11.3 Å². The van der Waals surface area contributed by atoms with Crippen molar-refractivity contribution in [3.05, 3.63) is 77.9 Å². The van der Waals surface area contributed by atoms with Crippen LogP contribution in [0, 0.1) is 12.7 Å². The van der Waals surface area contributed by atoms with Gasteiger partial charge in [-0.1, -0.05) is 17.7 Å². The smallest absolute Gasteiger partial charge is 0.317 e. The van der Waals surface area contributed by atoms with Crippen molar-refractivity contribution in [2.24, 2.45) is 0 Å². The highest BCUT2D eigenvalue weighted by Crippen LogP contribution is 2.13. The Morgan fingerprint density at radius 1 is 1.09 bits per heavy atom. The lowest BCUT2D eigenvalue weighted by Gasteiger charge is -2.03. The van der Waals surface area contributed by atoms with Gasteiger partial charge in [0.25, 0.3) is 0 Å². The van der Waals surface area contributed by atoms with Crippen LogP contribution in [0.5, 0.6) is 5.75 Å². The van der Waals surface area contributed by atoms with Gasteiger partial charge in [-0.15, -0.1) is 0 Å². The summed E-state index contributed by atoms with van der Waals surface area (Å²) in [5.74, 6) is -0.167. The number of carbonyl (C=O) groups excluding carboxylic acids is 1. The van der Waals surface area contributed by atoms with E-state index < -0.39 is 0 Å². The quantitative estimate of drug-likeness (QED) is 0.547. The summed E-state index contributed by atoms with van der Waals surface area (Å²) >= 11 is 0. The van der Waals surface area contributed by atoms with Crippen LogP contribution in [0.15, 0.2) is 60.8 Å². The molecule has 116 valence electrons. The predicted octanol–water partition coefficient (Wildman–Crippen LogP) is 3.47. The molecule has 3 rings (SSSR count). The van der Waals surface area contributed by atoms with Crippen molar-refractivity contribution in [1.82, 2.24) is 9.78 Å². The van der Waals surface area contributed by atoms with Crippen molar-refractivity contribution >= 4 is 5.97 Å². The van der Waals surface area contributed by atoms with Gasteiger partial charge in [-0.05, 0) is 49.4 Å². The number of esters is 1. The van der Waals surface area contributed by atoms with Crippen molar-refractivity contribution in [1.29, 1.82) is 0 Å². The number of aryl methyl sites for hydroxylation is 1. The van der Waals surface area contributed by atoms with E-state index in [2.05, 4.69) is 5.10 Å². The molecule has 0 radical (unpaired) electrons. The first-order valence-electron chi connectivity index (χ1n) is 7.18. The molecule has 3 aromatic rings. The number of nitrogens with zero attached hydrogens (tertiary/aromatic N) is 2. The first kappa shape index (κ1) is 15.0. The average molecular weight is 310 g/mol. The maximum atomic E-state index is 12.9. The Bertz CT molecular complexity index is 808. The lowest BCUT2D eigenvalue weighted by molar-refractivity contribution is -0.133. The minimum Gasteiger partial charge on any atom is -0.426 e. The summed E-state index contributed by atoms with van der Waals surface area (Å²) in [6.07, 6.45) is 1.80. The van der Waals surface area contributed by atoms with Gasteiger partial charge in [-0.25, -0.2) is 9.07 Å². The van der Waals surface area contributed by atoms with E-state index >= 15 is 0 Å². The Labute approximate surface area is 133 Å². The molecule has 0 aliphatic heterocycles. The third kappa shape index (κ3) is 3.83. The zero-order valence-corrected chi connectivity index (χ0v) is 12.6. The van der Waals surface area contributed by atoms with E-state index in [1.165, 1.54) is 12.1 Å². The molecule has 0 aliphatic carbocycles. The average Bonchev–Trinajstić information content (AvgIpc) is 2.98. The Morgan fingerprint density at radius 3 is 2.48 bits per heavy atom. The van der Waals surface area contributed by atoms with Crippen LogP contribution >= 0.6 is 0 Å². The Balaban J connectivity index is 1.65. The van der Waals surface area contributed by atoms with Crippen LogP contribution in [0.1, 0.15) is 11.3 Å². The molecule has 0 N–H and O–H groups in total. The SMILES string of the molecule is Cc1ccc(OC(=O)Cc2ccn(-c3ccc(F)cc3)n2)cc1. The van der Waals surface area contributed by atoms with Crippen molar-refractivity contribution in [3.8, 4) is 11.4 Å². The third-order valence-corrected chi connectivity index (χ3v) is 3.31. The van der Waals surface area contributed by atoms with Crippen LogP contribution in [0.25, 0.3) is 5.69 Å². The Hall–Kier alpha value is -2.95. The molecule has 0 saturated carbocycles. The molecule has 23 heavy (non-hydrogen) atoms. The number of aromatic nitrogens is 2. The van der Waals surface area contributed by atoms with Gasteiger partial charge in [0.05, 0.1) is 17.8 Å². The van der Waals surface area contributed by atoms with Gasteiger partial charge in [0.1, 0.15) is 11.6 Å². The third-order valence-electron chi connectivity index (χ3n) is 3.31. The van der Waals surface area contributed by atoms with Crippen LogP contribution in [-0.2, 0) is 11.2 Å². The van der Waals surface area contributed by atoms with Crippen molar-refractivity contribution in [2.45, 2.75) is 13.3 Å². The molecule has 2 aromatic carbocycles. The van der Waals surface area contributed by atoms with Crippen LogP contribution < -0.4 is 4.74 Å². The van der Waals surface area contributed by atoms with Gasteiger partial charge in [0, 0.05) is 6.20 Å². The second kappa shape index (κ2) is 6.44. The number of hydrogen-bond acceptors (Lipinski definition) is 3. The van der Waals surface area contributed by atoms with E-state index in [4.69, 9.17) is 4.74 Å². The van der Waals surface area contributed by atoms with Gasteiger partial charge >= 0.3 is 5.97 Å². The number of ether oxygens (including phenoxy) is 1. The highest BCUT2D eigenvalue weighted by molar-refractivity contribution is 5.74. The van der Waals surface area contributed by atoms with Crippen LogP contribution in [0.4, 0.5) is 4.39 Å². The van der Waals surface area contributed by atoms with Crippen molar-refractivity contribution in [3.63, 3.8) is 0 Å². The Kier molecular flexibility index (Phi) is 4.19. The summed E-state index contributed by atoms with van der Waals surface area (Å²) in [6.45, 7) is 1.97. The number of carbonyl (C=O) groups is 1. The number of hydrogen-bond donors (Lipinski definition) is 0. The van der Waals surface area contributed by atoms with Crippen molar-refractivity contribution < 1.29 is 13.9 Å². The summed E-state index contributed by atoms with van der Waals surface area (Å²) in [5, 5.41) is 4.30. The maximum absolute atomic E-state index is 12.9. The molecule has 0 saturated heterocycles. The van der Waals surface area contributed by atoms with Crippen LogP contribution in [-0.4, -0.2) is 15.7 Å². The molecule has 1 heterocycles. The second-order valence-corrected chi connectivity index (χ2v) is 5.19. The largest absolute Gasteiger partial charge is 0.426 e. The molecule has 0 spiro atoms. The monoisotopic (exact) mass is 310 g/mol. The lowest BCUT2D eigenvalue weighted by Crippen LogP contribution is -2.12. The van der Waals surface area contributed by atoms with Gasteiger partial charge in [-0.3, -0.25) is 4.79 Å². The fourth-order valence-electron chi connectivity index (χ4n) is 2.12. The van der Waals surface area contributed by atoms with E-state index in [-0.39, 0.29) is 18.2 Å². The first-order chi connectivity index (χ1) is 11.1. The van der Waals surface area contributed by atoms with E-state index in [1.807, 2.05) is 19.1 Å². The first-order valence-corrected chi connectivity index (χ1v) is 7.18. The molecule has 0 aliphatic rings. The minimum absolute atomic E-state index is 0.0715. The number of halogens is 1. The summed E-state index contributed by atoms with van der Waals surface area (Å²) in [4.78, 5) is 11.9. The predicted molar refractivity (Wildman–Crippen MR) is 84.0 cm³/mol. The molecule has 0 amide bonds. The van der Waals surface area contributed by atoms with E-state index in [0.29, 0.717) is 11.4 Å². The normalized spacial score (nSPS) is 10.5. The number of benzene rings is 2. The standard InChI is InChI=1S/C18H15FN2O2/c1-13-2-8-17(9-3-13)23-18(22)12-15-10-11-21(20-15)16-6-4-14(19)5-7-16/h2-11H,12H2,1H3. The molecule has 0 unspecified atom stereocenters. The van der Waals surface area contributed by atoms with Crippen molar-refractivity contribution in [2.75, 3.05) is 0 Å². The maximum Gasteiger partial charge on any atom is 0.317 e. The van der Waals surface area contributed by atoms with E-state index in [1.54, 1.807) is 41.2 Å². The molecule has 5 heteroatoms. The lowest BCUT2D eigenvalue weighted by atomic mass is 10.2. The number of rotatable bonds is 4. The van der Waals surface area contributed by atoms with E-state index in [9.17, 15) is 9.18 Å². The summed E-state index contributed by atoms with van der Waals surface area (Å²) in [6, 6.07) is 15.0. The molecular weight excluding hydrogens is 295 g/mol. The highest BCUT2D eigenvalue weighted by Gasteiger charge is 2.09. The summed E-state index contributed by atoms with van der Waals surface area (Å²) in [5.41, 5.74) is 2.42. The zero-order chi connectivity index (χ0) is 16.2. The highest BCUT2D eigenvalue weighted by atomic mass is 19.1. The molecule has 0 bridgehead atoms. The molecule has 1 aromatic heterocycles. The summed E-state index contributed by atoms with van der Waals surface area (Å²) < 4.78 is 19.8. The summed E-state index contributed by atoms with van der Waals surface area (Å²) in [7, 11) is 0. The van der Waals surface area contributed by atoms with Crippen LogP contribution in [0.3, 0.4) is 0 Å². The van der Waals surface area contributed by atoms with Gasteiger partial charge in [0.2, 0.25) is 0 Å². The Morgan fingerprint density at radius 2 is 1.78 bits per heavy atom. The molecule has 0 atom stereocenters. The van der Waals surface area contributed by atoms with Gasteiger partial charge in [-0.2, -0.15) is 5.10 Å². The molecule has 0 fully saturated rings. The molecule has 4 nitrogen and oxygen atoms in total. The second-order valence-electron chi connectivity index (χ2n) is 5.19. The fourth-order valence-corrected chi connectivity index (χ4v) is 2.12. The van der Waals surface area contributed by atoms with Crippen LogP contribution in [0.2, 0.25) is 0 Å². The molecular formula is C18H15FN2O2. The topological polar surface area (TPSA) is 44.1 Å². The zero-order valence-electron chi connectivity index (χ0n) is 12.6. The minimum atomic E-state index is -0.377. The van der Waals surface area contributed by atoms with Gasteiger partial charge < -0.3 is 4.74 Å². The van der Waals surface area contributed by atoms with Gasteiger partial charge in [0.15, 0.2) is 0 Å². The fraction of sp³-hybridized carbons (Fsp3) is 0.111.